The van der Waals surface area contributed by atoms with Crippen molar-refractivity contribution in [1.29, 1.82) is 0 Å². The van der Waals surface area contributed by atoms with Gasteiger partial charge in [0.05, 0.1) is 0 Å². The third kappa shape index (κ3) is 5.08. The van der Waals surface area contributed by atoms with Crippen LogP contribution in [0.25, 0.3) is 0 Å². The molecule has 3 rings (SSSR count). The Morgan fingerprint density at radius 1 is 1.12 bits per heavy atom. The zero-order valence-electron chi connectivity index (χ0n) is 13.6. The van der Waals surface area contributed by atoms with Crippen molar-refractivity contribution in [3.8, 4) is 0 Å². The minimum Gasteiger partial charge on any atom is -0.359 e. The minimum absolute atomic E-state index is 0.285. The van der Waals surface area contributed by atoms with E-state index in [1.807, 2.05) is 0 Å². The molecule has 0 unspecified atom stereocenters. The van der Waals surface area contributed by atoms with Gasteiger partial charge in [0.2, 0.25) is 15.2 Å². The number of nitrogens with one attached hydrogen (secondary N) is 2. The van der Waals surface area contributed by atoms with Crippen LogP contribution in [0.3, 0.4) is 0 Å². The number of aromatic nitrogens is 2. The molecule has 2 aromatic heterocycles. The molecule has 2 heterocycles. The second kappa shape index (κ2) is 8.05. The van der Waals surface area contributed by atoms with E-state index in [-0.39, 0.29) is 6.54 Å². The summed E-state index contributed by atoms with van der Waals surface area (Å²) in [6, 6.07) is 11.6. The second-order valence-electron chi connectivity index (χ2n) is 5.43. The lowest BCUT2D eigenvalue weighted by Gasteiger charge is -2.05. The molecule has 0 aliphatic heterocycles. The summed E-state index contributed by atoms with van der Waals surface area (Å²) < 4.78 is 31.2. The van der Waals surface area contributed by atoms with Crippen molar-refractivity contribution < 1.29 is 8.42 Å². The largest absolute Gasteiger partial charge is 0.359 e. The molecule has 0 aliphatic carbocycles. The number of sulfonamides is 1. The number of thiophene rings is 1. The number of benzene rings is 1. The Bertz CT molecular complexity index is 903. The molecule has 132 valence electrons. The topological polar surface area (TPSA) is 84.0 Å². The minimum atomic E-state index is -3.41. The van der Waals surface area contributed by atoms with Gasteiger partial charge in [-0.2, -0.15) is 4.37 Å². The lowest BCUT2D eigenvalue weighted by Crippen LogP contribution is -2.28. The van der Waals surface area contributed by atoms with Crippen molar-refractivity contribution in [3.63, 3.8) is 0 Å². The molecule has 0 amide bonds. The van der Waals surface area contributed by atoms with Gasteiger partial charge in [-0.25, -0.2) is 18.1 Å². The monoisotopic (exact) mass is 394 g/mol. The fourth-order valence-corrected chi connectivity index (χ4v) is 4.81. The van der Waals surface area contributed by atoms with Crippen LogP contribution in [0, 0.1) is 6.92 Å². The van der Waals surface area contributed by atoms with Gasteiger partial charge in [-0.05, 0) is 23.9 Å². The van der Waals surface area contributed by atoms with E-state index in [4.69, 9.17) is 0 Å². The van der Waals surface area contributed by atoms with Crippen LogP contribution in [0.1, 0.15) is 17.0 Å². The number of hydrogen-bond acceptors (Lipinski definition) is 7. The standard InChI is InChI=1S/C16H18N4O2S3/c1-12-4-6-13(7-5-12)11-14-19-16(24-20-14)17-8-9-18-25(21,22)15-3-2-10-23-15/h2-7,10,18H,8-9,11H2,1H3,(H,17,19,20). The van der Waals surface area contributed by atoms with Crippen LogP contribution in [0.2, 0.25) is 0 Å². The van der Waals surface area contributed by atoms with E-state index in [2.05, 4.69) is 50.6 Å². The number of nitrogens with zero attached hydrogens (tertiary/aromatic N) is 2. The van der Waals surface area contributed by atoms with Crippen molar-refractivity contribution in [2.24, 2.45) is 0 Å². The molecule has 0 radical (unpaired) electrons. The smallest absolute Gasteiger partial charge is 0.250 e. The van der Waals surface area contributed by atoms with Crippen LogP contribution >= 0.6 is 22.9 Å². The highest BCUT2D eigenvalue weighted by Crippen LogP contribution is 2.16. The fraction of sp³-hybridized carbons (Fsp3) is 0.250. The van der Waals surface area contributed by atoms with Crippen LogP contribution < -0.4 is 10.0 Å². The van der Waals surface area contributed by atoms with Gasteiger partial charge in [0.1, 0.15) is 10.0 Å². The van der Waals surface area contributed by atoms with Gasteiger partial charge < -0.3 is 5.32 Å². The zero-order chi connectivity index (χ0) is 17.7. The molecule has 25 heavy (non-hydrogen) atoms. The van der Waals surface area contributed by atoms with Crippen LogP contribution in [0.15, 0.2) is 46.0 Å². The van der Waals surface area contributed by atoms with Crippen molar-refractivity contribution in [2.45, 2.75) is 17.6 Å². The molecule has 0 saturated carbocycles. The lowest BCUT2D eigenvalue weighted by atomic mass is 10.1. The van der Waals surface area contributed by atoms with Gasteiger partial charge in [-0.1, -0.05) is 35.9 Å². The van der Waals surface area contributed by atoms with Gasteiger partial charge >= 0.3 is 0 Å². The molecule has 0 saturated heterocycles. The van der Waals surface area contributed by atoms with Crippen molar-refractivity contribution in [3.05, 3.63) is 58.7 Å². The van der Waals surface area contributed by atoms with E-state index in [1.54, 1.807) is 17.5 Å². The predicted molar refractivity (Wildman–Crippen MR) is 102 cm³/mol. The van der Waals surface area contributed by atoms with Gasteiger partial charge in [-0.15, -0.1) is 11.3 Å². The van der Waals surface area contributed by atoms with Crippen LogP contribution in [-0.2, 0) is 16.4 Å². The Hall–Kier alpha value is -1.81. The molecule has 0 atom stereocenters. The van der Waals surface area contributed by atoms with Gasteiger partial charge in [0.25, 0.3) is 0 Å². The molecule has 0 fully saturated rings. The summed E-state index contributed by atoms with van der Waals surface area (Å²) in [5.41, 5.74) is 2.39. The van der Waals surface area contributed by atoms with Crippen LogP contribution in [-0.4, -0.2) is 30.9 Å². The van der Waals surface area contributed by atoms with E-state index in [1.165, 1.54) is 34.0 Å². The number of anilines is 1. The molecule has 0 aliphatic rings. The molecule has 9 heteroatoms. The predicted octanol–water partition coefficient (Wildman–Crippen LogP) is 2.89. The molecule has 0 bridgehead atoms. The second-order valence-corrected chi connectivity index (χ2v) is 9.13. The number of aryl methyl sites for hydroxylation is 1. The summed E-state index contributed by atoms with van der Waals surface area (Å²) in [6.07, 6.45) is 0.684. The summed E-state index contributed by atoms with van der Waals surface area (Å²) in [4.78, 5) is 4.43. The lowest BCUT2D eigenvalue weighted by molar-refractivity contribution is 0.585. The first-order chi connectivity index (χ1) is 12.0. The van der Waals surface area contributed by atoms with E-state index >= 15 is 0 Å². The fourth-order valence-electron chi connectivity index (χ4n) is 2.13. The van der Waals surface area contributed by atoms with Crippen molar-refractivity contribution >= 4 is 38.0 Å². The van der Waals surface area contributed by atoms with Gasteiger partial charge in [-0.3, -0.25) is 0 Å². The maximum absolute atomic E-state index is 12.0. The first-order valence-corrected chi connectivity index (χ1v) is 10.8. The highest BCUT2D eigenvalue weighted by Gasteiger charge is 2.14. The highest BCUT2D eigenvalue weighted by atomic mass is 32.2. The highest BCUT2D eigenvalue weighted by molar-refractivity contribution is 7.91. The summed E-state index contributed by atoms with van der Waals surface area (Å²) in [5, 5.41) is 5.53. The summed E-state index contributed by atoms with van der Waals surface area (Å²) in [5.74, 6) is 0.760. The van der Waals surface area contributed by atoms with E-state index in [9.17, 15) is 8.42 Å². The molecule has 0 spiro atoms. The van der Waals surface area contributed by atoms with Gasteiger partial charge in [0, 0.05) is 31.0 Å². The molecular formula is C16H18N4O2S3. The first kappa shape index (κ1) is 18.0. The molecule has 6 nitrogen and oxygen atoms in total. The average Bonchev–Trinajstić information content (AvgIpc) is 3.26. The Morgan fingerprint density at radius 3 is 2.64 bits per heavy atom. The Morgan fingerprint density at radius 2 is 1.92 bits per heavy atom. The van der Waals surface area contributed by atoms with Gasteiger partial charge in [0.15, 0.2) is 0 Å². The number of rotatable bonds is 8. The normalized spacial score (nSPS) is 11.6. The SMILES string of the molecule is Cc1ccc(Cc2nsc(NCCNS(=O)(=O)c3cccs3)n2)cc1. The Labute approximate surface area is 155 Å². The summed E-state index contributed by atoms with van der Waals surface area (Å²) in [7, 11) is -3.41. The van der Waals surface area contributed by atoms with E-state index < -0.39 is 10.0 Å². The first-order valence-electron chi connectivity index (χ1n) is 7.68. The average molecular weight is 395 g/mol. The summed E-state index contributed by atoms with van der Waals surface area (Å²) in [6.45, 7) is 2.79. The molecule has 1 aromatic carbocycles. The summed E-state index contributed by atoms with van der Waals surface area (Å²) >= 11 is 2.48. The maximum Gasteiger partial charge on any atom is 0.250 e. The molecular weight excluding hydrogens is 376 g/mol. The zero-order valence-corrected chi connectivity index (χ0v) is 16.0. The third-order valence-electron chi connectivity index (χ3n) is 3.40. The van der Waals surface area contributed by atoms with E-state index in [0.717, 1.165) is 5.82 Å². The maximum atomic E-state index is 12.0. The quantitative estimate of drug-likeness (QED) is 0.574. The molecule has 2 N–H and O–H groups in total. The van der Waals surface area contributed by atoms with Crippen LogP contribution in [0.5, 0.6) is 0 Å². The van der Waals surface area contributed by atoms with Crippen LogP contribution in [0.4, 0.5) is 5.13 Å². The number of hydrogen-bond donors (Lipinski definition) is 2. The Balaban J connectivity index is 1.46. The Kier molecular flexibility index (Phi) is 5.79. The van der Waals surface area contributed by atoms with Crippen molar-refractivity contribution in [2.75, 3.05) is 18.4 Å². The van der Waals surface area contributed by atoms with E-state index in [0.29, 0.717) is 22.3 Å². The molecule has 3 aromatic rings. The van der Waals surface area contributed by atoms with Crippen molar-refractivity contribution in [1.82, 2.24) is 14.1 Å². The third-order valence-corrected chi connectivity index (χ3v) is 6.97.